The summed E-state index contributed by atoms with van der Waals surface area (Å²) in [6, 6.07) is 0. The minimum atomic E-state index is -0.411. The Bertz CT molecular complexity index is 142. The van der Waals surface area contributed by atoms with Crippen molar-refractivity contribution in [2.24, 2.45) is 0 Å². The van der Waals surface area contributed by atoms with Gasteiger partial charge in [-0.05, 0) is 12.8 Å². The Hall–Kier alpha value is -0.560. The average Bonchev–Trinajstić information content (AvgIpc) is 2.11. The summed E-state index contributed by atoms with van der Waals surface area (Å²) in [6.07, 6.45) is 0.309. The molecule has 0 aliphatic carbocycles. The van der Waals surface area contributed by atoms with E-state index in [-0.39, 0.29) is 0 Å². The molecule has 0 saturated heterocycles. The molecule has 0 radical (unpaired) electrons. The Labute approximate surface area is 74.0 Å². The first-order chi connectivity index (χ1) is 5.85. The predicted molar refractivity (Wildman–Crippen MR) is 46.7 cm³/mol. The Balaban J connectivity index is 3.42. The second kappa shape index (κ2) is 8.54. The fourth-order valence-corrected chi connectivity index (χ4v) is 0.637. The molecule has 3 nitrogen and oxygen atoms in total. The summed E-state index contributed by atoms with van der Waals surface area (Å²) in [5.74, 6) is 5.70. The average molecular weight is 172 g/mol. The summed E-state index contributed by atoms with van der Waals surface area (Å²) in [5, 5.41) is 0. The molecule has 0 atom stereocenters. The van der Waals surface area contributed by atoms with Gasteiger partial charge in [-0.3, -0.25) is 0 Å². The van der Waals surface area contributed by atoms with Gasteiger partial charge < -0.3 is 14.2 Å². The molecule has 0 aliphatic rings. The van der Waals surface area contributed by atoms with Crippen molar-refractivity contribution in [2.45, 2.75) is 19.6 Å². The third-order valence-corrected chi connectivity index (χ3v) is 1.22. The molecule has 0 N–H and O–H groups in total. The molecule has 3 heteroatoms. The highest BCUT2D eigenvalue weighted by Gasteiger charge is 1.95. The van der Waals surface area contributed by atoms with E-state index in [4.69, 9.17) is 14.2 Å². The molecule has 0 unspecified atom stereocenters. The Morgan fingerprint density at radius 3 is 2.42 bits per heavy atom. The number of ether oxygens (including phenoxy) is 3. The molecule has 0 fully saturated rings. The van der Waals surface area contributed by atoms with E-state index in [1.807, 2.05) is 6.92 Å². The third kappa shape index (κ3) is 6.17. The van der Waals surface area contributed by atoms with E-state index < -0.39 is 6.29 Å². The van der Waals surface area contributed by atoms with Crippen molar-refractivity contribution in [3.05, 3.63) is 0 Å². The smallest absolute Gasteiger partial charge is 0.221 e. The SMILES string of the molecule is CCOCCC#CC(OC)OC. The normalized spacial score (nSPS) is 9.67. The van der Waals surface area contributed by atoms with Crippen LogP contribution in [0, 0.1) is 11.8 Å². The zero-order valence-corrected chi connectivity index (χ0v) is 7.92. The van der Waals surface area contributed by atoms with Crippen molar-refractivity contribution in [1.82, 2.24) is 0 Å². The van der Waals surface area contributed by atoms with Crippen molar-refractivity contribution in [2.75, 3.05) is 27.4 Å². The van der Waals surface area contributed by atoms with Crippen LogP contribution in [-0.2, 0) is 14.2 Å². The molecular weight excluding hydrogens is 156 g/mol. The van der Waals surface area contributed by atoms with Crippen LogP contribution in [-0.4, -0.2) is 33.7 Å². The van der Waals surface area contributed by atoms with Crippen LogP contribution < -0.4 is 0 Å². The van der Waals surface area contributed by atoms with Crippen LogP contribution in [0.2, 0.25) is 0 Å². The van der Waals surface area contributed by atoms with Gasteiger partial charge in [0.15, 0.2) is 0 Å². The summed E-state index contributed by atoms with van der Waals surface area (Å²) in [5.41, 5.74) is 0. The maximum atomic E-state index is 5.10. The minimum Gasteiger partial charge on any atom is -0.381 e. The lowest BCUT2D eigenvalue weighted by atomic mass is 10.4. The third-order valence-electron chi connectivity index (χ3n) is 1.22. The van der Waals surface area contributed by atoms with Gasteiger partial charge >= 0.3 is 0 Å². The number of hydrogen-bond acceptors (Lipinski definition) is 3. The van der Waals surface area contributed by atoms with Gasteiger partial charge in [-0.2, -0.15) is 0 Å². The second-order valence-electron chi connectivity index (χ2n) is 2.07. The van der Waals surface area contributed by atoms with Crippen LogP contribution in [0.3, 0.4) is 0 Å². The van der Waals surface area contributed by atoms with Crippen molar-refractivity contribution < 1.29 is 14.2 Å². The van der Waals surface area contributed by atoms with Crippen LogP contribution in [0.4, 0.5) is 0 Å². The highest BCUT2D eigenvalue weighted by atomic mass is 16.7. The fourth-order valence-electron chi connectivity index (χ4n) is 0.637. The lowest BCUT2D eigenvalue weighted by molar-refractivity contribution is -0.0596. The molecule has 12 heavy (non-hydrogen) atoms. The summed E-state index contributed by atoms with van der Waals surface area (Å²) in [4.78, 5) is 0. The summed E-state index contributed by atoms with van der Waals surface area (Å²) in [6.45, 7) is 3.36. The highest BCUT2D eigenvalue weighted by molar-refractivity contribution is 5.01. The molecule has 0 spiro atoms. The number of hydrogen-bond donors (Lipinski definition) is 0. The lowest BCUT2D eigenvalue weighted by Crippen LogP contribution is -2.09. The zero-order chi connectivity index (χ0) is 9.23. The molecule has 0 aromatic rings. The molecule has 0 aliphatic heterocycles. The van der Waals surface area contributed by atoms with Gasteiger partial charge in [0, 0.05) is 27.2 Å². The molecule has 0 aromatic carbocycles. The first-order valence-corrected chi connectivity index (χ1v) is 3.96. The van der Waals surface area contributed by atoms with Crippen molar-refractivity contribution in [1.29, 1.82) is 0 Å². The molecular formula is C9H16O3. The maximum Gasteiger partial charge on any atom is 0.221 e. The van der Waals surface area contributed by atoms with E-state index >= 15 is 0 Å². The monoisotopic (exact) mass is 172 g/mol. The van der Waals surface area contributed by atoms with E-state index in [1.54, 1.807) is 14.2 Å². The van der Waals surface area contributed by atoms with Crippen molar-refractivity contribution in [3.63, 3.8) is 0 Å². The van der Waals surface area contributed by atoms with Crippen molar-refractivity contribution in [3.8, 4) is 11.8 Å². The Morgan fingerprint density at radius 1 is 1.25 bits per heavy atom. The predicted octanol–water partition coefficient (Wildman–Crippen LogP) is 1.04. The van der Waals surface area contributed by atoms with Gasteiger partial charge in [-0.1, -0.05) is 5.92 Å². The molecule has 0 aromatic heterocycles. The van der Waals surface area contributed by atoms with Gasteiger partial charge in [0.1, 0.15) is 0 Å². The van der Waals surface area contributed by atoms with Crippen LogP contribution in [0.25, 0.3) is 0 Å². The molecule has 0 rings (SSSR count). The first kappa shape index (κ1) is 11.4. The Morgan fingerprint density at radius 2 is 1.92 bits per heavy atom. The number of rotatable bonds is 5. The van der Waals surface area contributed by atoms with Gasteiger partial charge in [0.05, 0.1) is 6.61 Å². The maximum absolute atomic E-state index is 5.10. The molecule has 0 heterocycles. The van der Waals surface area contributed by atoms with Crippen molar-refractivity contribution >= 4 is 0 Å². The summed E-state index contributed by atoms with van der Waals surface area (Å²) >= 11 is 0. The van der Waals surface area contributed by atoms with E-state index in [2.05, 4.69) is 11.8 Å². The molecule has 70 valence electrons. The van der Waals surface area contributed by atoms with E-state index in [9.17, 15) is 0 Å². The van der Waals surface area contributed by atoms with Crippen LogP contribution in [0.5, 0.6) is 0 Å². The molecule has 0 saturated carbocycles. The largest absolute Gasteiger partial charge is 0.381 e. The van der Waals surface area contributed by atoms with Gasteiger partial charge in [-0.15, -0.1) is 0 Å². The van der Waals surface area contributed by atoms with Crippen LogP contribution in [0.1, 0.15) is 13.3 Å². The van der Waals surface area contributed by atoms with E-state index in [0.717, 1.165) is 13.0 Å². The van der Waals surface area contributed by atoms with Crippen LogP contribution in [0.15, 0.2) is 0 Å². The fraction of sp³-hybridized carbons (Fsp3) is 0.778. The molecule has 0 amide bonds. The summed E-state index contributed by atoms with van der Waals surface area (Å²) < 4.78 is 14.8. The quantitative estimate of drug-likeness (QED) is 0.352. The first-order valence-electron chi connectivity index (χ1n) is 3.96. The Kier molecular flexibility index (Phi) is 8.14. The summed E-state index contributed by atoms with van der Waals surface area (Å²) in [7, 11) is 3.12. The second-order valence-corrected chi connectivity index (χ2v) is 2.07. The topological polar surface area (TPSA) is 27.7 Å². The standard InChI is InChI=1S/C9H16O3/c1-4-12-8-6-5-7-9(10-2)11-3/h9H,4,6,8H2,1-3H3. The lowest BCUT2D eigenvalue weighted by Gasteiger charge is -2.03. The molecule has 0 bridgehead atoms. The minimum absolute atomic E-state index is 0.411. The van der Waals surface area contributed by atoms with E-state index in [0.29, 0.717) is 6.61 Å². The highest BCUT2D eigenvalue weighted by Crippen LogP contribution is 1.87. The van der Waals surface area contributed by atoms with Crippen LogP contribution >= 0.6 is 0 Å². The van der Waals surface area contributed by atoms with Gasteiger partial charge in [-0.25, -0.2) is 0 Å². The van der Waals surface area contributed by atoms with Gasteiger partial charge in [0.2, 0.25) is 6.29 Å². The zero-order valence-electron chi connectivity index (χ0n) is 7.92. The van der Waals surface area contributed by atoms with Gasteiger partial charge in [0.25, 0.3) is 0 Å². The van der Waals surface area contributed by atoms with E-state index in [1.165, 1.54) is 0 Å². The number of methoxy groups -OCH3 is 2.